The summed E-state index contributed by atoms with van der Waals surface area (Å²) < 4.78 is 1.73. The van der Waals surface area contributed by atoms with Gasteiger partial charge in [0.05, 0.1) is 17.6 Å². The average molecular weight is 247 g/mol. The number of nitrogens with zero attached hydrogens (tertiary/aromatic N) is 3. The molecule has 6 nitrogen and oxygen atoms in total. The first kappa shape index (κ1) is 12.5. The molecular weight excluding hydrogens is 230 g/mol. The smallest absolute Gasteiger partial charge is 0.224 e. The number of aryl methyl sites for hydroxylation is 2. The van der Waals surface area contributed by atoms with Gasteiger partial charge in [-0.25, -0.2) is 4.98 Å². The van der Waals surface area contributed by atoms with Gasteiger partial charge in [0.25, 0.3) is 0 Å². The number of anilines is 1. The summed E-state index contributed by atoms with van der Waals surface area (Å²) in [6.45, 7) is 2.44. The van der Waals surface area contributed by atoms with Crippen molar-refractivity contribution < 1.29 is 4.79 Å². The van der Waals surface area contributed by atoms with Crippen LogP contribution in [0.25, 0.3) is 11.0 Å². The molecule has 0 aromatic carbocycles. The number of nitrogens with two attached hydrogens (primary N) is 1. The number of rotatable bonds is 4. The zero-order chi connectivity index (χ0) is 13.1. The van der Waals surface area contributed by atoms with Gasteiger partial charge in [-0.3, -0.25) is 9.48 Å². The highest BCUT2D eigenvalue weighted by molar-refractivity contribution is 5.93. The summed E-state index contributed by atoms with van der Waals surface area (Å²) >= 11 is 0. The van der Waals surface area contributed by atoms with E-state index in [1.807, 2.05) is 20.0 Å². The average Bonchev–Trinajstić information content (AvgIpc) is 2.62. The van der Waals surface area contributed by atoms with Crippen LogP contribution in [0.15, 0.2) is 12.3 Å². The second kappa shape index (κ2) is 5.14. The van der Waals surface area contributed by atoms with Crippen LogP contribution in [0, 0.1) is 6.92 Å². The lowest BCUT2D eigenvalue weighted by Crippen LogP contribution is -2.13. The van der Waals surface area contributed by atoms with Crippen molar-refractivity contribution in [3.8, 4) is 0 Å². The molecule has 96 valence electrons. The summed E-state index contributed by atoms with van der Waals surface area (Å²) in [6, 6.07) is 1.89. The van der Waals surface area contributed by atoms with E-state index in [0.717, 1.165) is 16.7 Å². The molecule has 6 heteroatoms. The first-order valence-electron chi connectivity index (χ1n) is 5.91. The molecule has 0 bridgehead atoms. The highest BCUT2D eigenvalue weighted by atomic mass is 16.1. The normalized spacial score (nSPS) is 10.8. The number of fused-ring (bicyclic) bond motifs is 1. The van der Waals surface area contributed by atoms with E-state index in [-0.39, 0.29) is 5.91 Å². The summed E-state index contributed by atoms with van der Waals surface area (Å²) in [5.41, 5.74) is 7.77. The number of amides is 1. The lowest BCUT2D eigenvalue weighted by molar-refractivity contribution is -0.116. The van der Waals surface area contributed by atoms with Gasteiger partial charge in [0.2, 0.25) is 5.91 Å². The molecule has 18 heavy (non-hydrogen) atoms. The van der Waals surface area contributed by atoms with Gasteiger partial charge in [-0.1, -0.05) is 0 Å². The van der Waals surface area contributed by atoms with E-state index in [2.05, 4.69) is 15.4 Å². The van der Waals surface area contributed by atoms with Gasteiger partial charge in [0.1, 0.15) is 0 Å². The Labute approximate surface area is 105 Å². The second-order valence-corrected chi connectivity index (χ2v) is 4.24. The third-order valence-electron chi connectivity index (χ3n) is 2.75. The number of aromatic nitrogens is 3. The quantitative estimate of drug-likeness (QED) is 0.842. The molecule has 3 N–H and O–H groups in total. The Bertz CT molecular complexity index is 575. The number of carbonyl (C=O) groups is 1. The Morgan fingerprint density at radius 2 is 2.33 bits per heavy atom. The van der Waals surface area contributed by atoms with Crippen LogP contribution in [0.3, 0.4) is 0 Å². The van der Waals surface area contributed by atoms with Gasteiger partial charge in [0.15, 0.2) is 5.65 Å². The number of pyridine rings is 1. The Hall–Kier alpha value is -1.95. The van der Waals surface area contributed by atoms with E-state index >= 15 is 0 Å². The van der Waals surface area contributed by atoms with Crippen molar-refractivity contribution in [2.75, 3.05) is 11.9 Å². The Balaban J connectivity index is 2.20. The van der Waals surface area contributed by atoms with Gasteiger partial charge >= 0.3 is 0 Å². The minimum atomic E-state index is -0.0388. The van der Waals surface area contributed by atoms with E-state index in [1.165, 1.54) is 0 Å². The van der Waals surface area contributed by atoms with Crippen LogP contribution in [-0.2, 0) is 11.8 Å². The van der Waals surface area contributed by atoms with Gasteiger partial charge in [-0.15, -0.1) is 0 Å². The molecule has 2 aromatic heterocycles. The predicted octanol–water partition coefficient (Wildman–Crippen LogP) is 0.954. The zero-order valence-electron chi connectivity index (χ0n) is 10.6. The summed E-state index contributed by atoms with van der Waals surface area (Å²) in [4.78, 5) is 15.9. The molecular formula is C12H17N5O. The topological polar surface area (TPSA) is 85.8 Å². The Morgan fingerprint density at radius 1 is 1.56 bits per heavy atom. The van der Waals surface area contributed by atoms with Crippen LogP contribution < -0.4 is 11.1 Å². The zero-order valence-corrected chi connectivity index (χ0v) is 10.6. The second-order valence-electron chi connectivity index (χ2n) is 4.24. The molecule has 2 rings (SSSR count). The van der Waals surface area contributed by atoms with Crippen LogP contribution in [-0.4, -0.2) is 27.2 Å². The first-order valence-corrected chi connectivity index (χ1v) is 5.91. The lowest BCUT2D eigenvalue weighted by atomic mass is 10.2. The Kier molecular flexibility index (Phi) is 3.57. The van der Waals surface area contributed by atoms with Crippen LogP contribution in [0.2, 0.25) is 0 Å². The van der Waals surface area contributed by atoms with Gasteiger partial charge < -0.3 is 11.1 Å². The van der Waals surface area contributed by atoms with Crippen molar-refractivity contribution in [1.82, 2.24) is 14.8 Å². The fraction of sp³-hybridized carbons (Fsp3) is 0.417. The molecule has 0 unspecified atom stereocenters. The SMILES string of the molecule is Cc1nn(C)c2ncc(NC(=O)CCCN)cc12. The fourth-order valence-electron chi connectivity index (χ4n) is 1.86. The molecule has 0 aliphatic rings. The molecule has 2 heterocycles. The van der Waals surface area contributed by atoms with Crippen LogP contribution in [0.1, 0.15) is 18.5 Å². The predicted molar refractivity (Wildman–Crippen MR) is 70.2 cm³/mol. The molecule has 0 saturated carbocycles. The summed E-state index contributed by atoms with van der Waals surface area (Å²) in [7, 11) is 1.85. The number of hydrogen-bond acceptors (Lipinski definition) is 4. The summed E-state index contributed by atoms with van der Waals surface area (Å²) in [6.07, 6.45) is 2.76. The molecule has 0 saturated heterocycles. The van der Waals surface area contributed by atoms with Crippen molar-refractivity contribution in [2.45, 2.75) is 19.8 Å². The molecule has 0 fully saturated rings. The van der Waals surface area contributed by atoms with Crippen molar-refractivity contribution in [3.05, 3.63) is 18.0 Å². The van der Waals surface area contributed by atoms with Gasteiger partial charge in [-0.05, 0) is 26.0 Å². The highest BCUT2D eigenvalue weighted by Crippen LogP contribution is 2.19. The Morgan fingerprint density at radius 3 is 3.06 bits per heavy atom. The van der Waals surface area contributed by atoms with Crippen molar-refractivity contribution in [3.63, 3.8) is 0 Å². The van der Waals surface area contributed by atoms with Gasteiger partial charge in [0, 0.05) is 18.9 Å². The van der Waals surface area contributed by atoms with Crippen molar-refractivity contribution in [1.29, 1.82) is 0 Å². The minimum absolute atomic E-state index is 0.0388. The molecule has 0 radical (unpaired) electrons. The van der Waals surface area contributed by atoms with E-state index < -0.39 is 0 Å². The van der Waals surface area contributed by atoms with Crippen LogP contribution in [0.5, 0.6) is 0 Å². The number of carbonyl (C=O) groups excluding carboxylic acids is 1. The monoisotopic (exact) mass is 247 g/mol. The van der Waals surface area contributed by atoms with E-state index in [4.69, 9.17) is 5.73 Å². The number of hydrogen-bond donors (Lipinski definition) is 2. The summed E-state index contributed by atoms with van der Waals surface area (Å²) in [5, 5.41) is 8.05. The fourth-order valence-corrected chi connectivity index (χ4v) is 1.86. The van der Waals surface area contributed by atoms with Crippen molar-refractivity contribution >= 4 is 22.6 Å². The van der Waals surface area contributed by atoms with E-state index in [0.29, 0.717) is 25.1 Å². The molecule has 0 spiro atoms. The largest absolute Gasteiger partial charge is 0.330 e. The highest BCUT2D eigenvalue weighted by Gasteiger charge is 2.08. The van der Waals surface area contributed by atoms with Crippen LogP contribution >= 0.6 is 0 Å². The minimum Gasteiger partial charge on any atom is -0.330 e. The number of nitrogens with one attached hydrogen (secondary N) is 1. The van der Waals surface area contributed by atoms with Crippen molar-refractivity contribution in [2.24, 2.45) is 12.8 Å². The third kappa shape index (κ3) is 2.48. The third-order valence-corrected chi connectivity index (χ3v) is 2.75. The first-order chi connectivity index (χ1) is 8.61. The molecule has 0 atom stereocenters. The molecule has 0 aliphatic heterocycles. The molecule has 0 aliphatic carbocycles. The standard InChI is InChI=1S/C12H17N5O/c1-8-10-6-9(15-11(18)4-3-5-13)7-14-12(10)17(2)16-8/h6-7H,3-5,13H2,1-2H3,(H,15,18). The lowest BCUT2D eigenvalue weighted by Gasteiger charge is -2.04. The maximum Gasteiger partial charge on any atom is 0.224 e. The van der Waals surface area contributed by atoms with Gasteiger partial charge in [-0.2, -0.15) is 5.10 Å². The van der Waals surface area contributed by atoms with Crippen LogP contribution in [0.4, 0.5) is 5.69 Å². The molecule has 2 aromatic rings. The maximum absolute atomic E-state index is 11.6. The van der Waals surface area contributed by atoms with E-state index in [1.54, 1.807) is 10.9 Å². The van der Waals surface area contributed by atoms with E-state index in [9.17, 15) is 4.79 Å². The summed E-state index contributed by atoms with van der Waals surface area (Å²) in [5.74, 6) is -0.0388. The molecule has 1 amide bonds. The maximum atomic E-state index is 11.6.